The normalized spacial score (nSPS) is 10.6. The number of pyridine rings is 1. The zero-order valence-corrected chi connectivity index (χ0v) is 17.2. The summed E-state index contributed by atoms with van der Waals surface area (Å²) in [7, 11) is 0. The number of benzene rings is 1. The molecule has 0 unspecified atom stereocenters. The van der Waals surface area contributed by atoms with Crippen LogP contribution in [0, 0.1) is 13.8 Å². The molecule has 0 fully saturated rings. The number of anilines is 2. The van der Waals surface area contributed by atoms with Gasteiger partial charge in [-0.25, -0.2) is 14.8 Å². The first-order chi connectivity index (χ1) is 13.4. The number of halogens is 1. The van der Waals surface area contributed by atoms with Gasteiger partial charge in [0.25, 0.3) is 0 Å². The molecule has 1 aromatic carbocycles. The molecule has 6 nitrogen and oxygen atoms in total. The number of ether oxygens (including phenoxy) is 1. The van der Waals surface area contributed by atoms with Gasteiger partial charge in [0.1, 0.15) is 12.3 Å². The lowest BCUT2D eigenvalue weighted by atomic mass is 10.1. The van der Waals surface area contributed by atoms with Gasteiger partial charge in [0.2, 0.25) is 5.91 Å². The fourth-order valence-corrected chi connectivity index (χ4v) is 4.00. The van der Waals surface area contributed by atoms with Crippen LogP contribution in [0.2, 0.25) is 5.02 Å². The largest absolute Gasteiger partial charge is 0.454 e. The lowest BCUT2D eigenvalue weighted by Gasteiger charge is -2.22. The molecule has 0 atom stereocenters. The minimum Gasteiger partial charge on any atom is -0.454 e. The van der Waals surface area contributed by atoms with E-state index in [1.54, 1.807) is 23.6 Å². The number of hydrogen-bond acceptors (Lipinski definition) is 6. The second-order valence-corrected chi connectivity index (χ2v) is 7.42. The molecule has 0 aliphatic rings. The summed E-state index contributed by atoms with van der Waals surface area (Å²) in [6.45, 7) is 5.28. The number of rotatable bonds is 5. The van der Waals surface area contributed by atoms with Gasteiger partial charge in [-0.2, -0.15) is 0 Å². The predicted octanol–water partition coefficient (Wildman–Crippen LogP) is 4.85. The summed E-state index contributed by atoms with van der Waals surface area (Å²) in [5.41, 5.74) is 3.25. The molecule has 28 heavy (non-hydrogen) atoms. The molecule has 8 heteroatoms. The second kappa shape index (κ2) is 8.50. The van der Waals surface area contributed by atoms with Crippen LogP contribution < -0.4 is 4.90 Å². The molecule has 144 valence electrons. The van der Waals surface area contributed by atoms with Gasteiger partial charge in [-0.05, 0) is 43.2 Å². The van der Waals surface area contributed by atoms with Crippen molar-refractivity contribution in [2.75, 3.05) is 4.90 Å². The molecule has 1 amide bonds. The van der Waals surface area contributed by atoms with Gasteiger partial charge in [-0.3, -0.25) is 9.69 Å². The maximum absolute atomic E-state index is 12.3. The van der Waals surface area contributed by atoms with Crippen LogP contribution in [0.5, 0.6) is 0 Å². The van der Waals surface area contributed by atoms with Crippen LogP contribution in [0.15, 0.2) is 41.9 Å². The molecule has 2 aromatic heterocycles. The van der Waals surface area contributed by atoms with E-state index in [1.807, 2.05) is 26.0 Å². The molecule has 0 spiro atoms. The molecule has 2 heterocycles. The van der Waals surface area contributed by atoms with Crippen molar-refractivity contribution in [2.45, 2.75) is 27.4 Å². The van der Waals surface area contributed by atoms with Gasteiger partial charge in [0, 0.05) is 18.5 Å². The van der Waals surface area contributed by atoms with E-state index >= 15 is 0 Å². The minimum absolute atomic E-state index is 0.0156. The predicted molar refractivity (Wildman–Crippen MR) is 109 cm³/mol. The van der Waals surface area contributed by atoms with Crippen molar-refractivity contribution in [3.63, 3.8) is 0 Å². The van der Waals surface area contributed by atoms with E-state index in [4.69, 9.17) is 16.3 Å². The number of thiazole rings is 1. The first kappa shape index (κ1) is 20.0. The number of amides is 1. The highest BCUT2D eigenvalue weighted by molar-refractivity contribution is 7.14. The Bertz CT molecular complexity index is 998. The maximum Gasteiger partial charge on any atom is 0.357 e. The summed E-state index contributed by atoms with van der Waals surface area (Å²) in [5, 5.41) is 2.69. The van der Waals surface area contributed by atoms with E-state index in [0.29, 0.717) is 21.5 Å². The van der Waals surface area contributed by atoms with Crippen LogP contribution in [-0.4, -0.2) is 21.8 Å². The number of carbonyl (C=O) groups is 2. The number of hydrogen-bond donors (Lipinski definition) is 0. The summed E-state index contributed by atoms with van der Waals surface area (Å²) in [4.78, 5) is 34.2. The number of aryl methyl sites for hydroxylation is 2. The van der Waals surface area contributed by atoms with Gasteiger partial charge in [-0.15, -0.1) is 11.3 Å². The topological polar surface area (TPSA) is 72.4 Å². The standard InChI is InChI=1S/C20H18ClN3O3S/c1-12-8-13(2)18(16(21)9-12)24(14(3)25)20-23-15(11-28-20)10-27-19(26)17-6-4-5-7-22-17/h4-9,11H,10H2,1-3H3. The number of nitrogens with zero attached hydrogens (tertiary/aromatic N) is 3. The van der Waals surface area contributed by atoms with E-state index in [9.17, 15) is 9.59 Å². The van der Waals surface area contributed by atoms with Crippen LogP contribution in [-0.2, 0) is 16.1 Å². The highest BCUT2D eigenvalue weighted by Crippen LogP contribution is 2.37. The van der Waals surface area contributed by atoms with Crippen LogP contribution in [0.3, 0.4) is 0 Å². The number of esters is 1. The Morgan fingerprint density at radius 3 is 2.68 bits per heavy atom. The molecule has 3 rings (SSSR count). The van der Waals surface area contributed by atoms with Crippen molar-refractivity contribution in [1.29, 1.82) is 0 Å². The highest BCUT2D eigenvalue weighted by atomic mass is 35.5. The smallest absolute Gasteiger partial charge is 0.357 e. The van der Waals surface area contributed by atoms with Crippen LogP contribution in [0.1, 0.15) is 34.2 Å². The Morgan fingerprint density at radius 2 is 2.04 bits per heavy atom. The molecular weight excluding hydrogens is 398 g/mol. The zero-order valence-electron chi connectivity index (χ0n) is 15.6. The summed E-state index contributed by atoms with van der Waals surface area (Å²) in [5.74, 6) is -0.740. The van der Waals surface area contributed by atoms with Crippen molar-refractivity contribution >= 4 is 45.6 Å². The summed E-state index contributed by atoms with van der Waals surface area (Å²) >= 11 is 7.69. The maximum atomic E-state index is 12.3. The Morgan fingerprint density at radius 1 is 1.25 bits per heavy atom. The first-order valence-corrected chi connectivity index (χ1v) is 9.72. The minimum atomic E-state index is -0.531. The molecule has 0 bridgehead atoms. The fraction of sp³-hybridized carbons (Fsp3) is 0.200. The zero-order chi connectivity index (χ0) is 20.3. The van der Waals surface area contributed by atoms with E-state index in [1.165, 1.54) is 29.4 Å². The average molecular weight is 416 g/mol. The van der Waals surface area contributed by atoms with E-state index < -0.39 is 5.97 Å². The Hall–Kier alpha value is -2.77. The van der Waals surface area contributed by atoms with E-state index in [0.717, 1.165) is 11.1 Å². The molecule has 3 aromatic rings. The Labute approximate surface area is 171 Å². The van der Waals surface area contributed by atoms with Gasteiger partial charge in [0.05, 0.1) is 16.4 Å². The van der Waals surface area contributed by atoms with Crippen LogP contribution >= 0.6 is 22.9 Å². The monoisotopic (exact) mass is 415 g/mol. The van der Waals surface area contributed by atoms with Crippen molar-refractivity contribution in [1.82, 2.24) is 9.97 Å². The van der Waals surface area contributed by atoms with Crippen molar-refractivity contribution in [3.05, 3.63) is 69.4 Å². The quantitative estimate of drug-likeness (QED) is 0.557. The Balaban J connectivity index is 1.81. The van der Waals surface area contributed by atoms with E-state index in [2.05, 4.69) is 9.97 Å². The first-order valence-electron chi connectivity index (χ1n) is 8.47. The van der Waals surface area contributed by atoms with E-state index in [-0.39, 0.29) is 18.2 Å². The SMILES string of the molecule is CC(=O)N(c1nc(COC(=O)c2ccccn2)cs1)c1c(C)cc(C)cc1Cl. The van der Waals surface area contributed by atoms with Gasteiger partial charge in [-0.1, -0.05) is 23.7 Å². The average Bonchev–Trinajstić information content (AvgIpc) is 3.11. The fourth-order valence-electron chi connectivity index (χ4n) is 2.74. The molecule has 0 radical (unpaired) electrons. The lowest BCUT2D eigenvalue weighted by molar-refractivity contribution is -0.115. The molecule has 0 saturated heterocycles. The van der Waals surface area contributed by atoms with Crippen LogP contribution in [0.4, 0.5) is 10.8 Å². The second-order valence-electron chi connectivity index (χ2n) is 6.18. The summed E-state index contributed by atoms with van der Waals surface area (Å²) in [6, 6.07) is 8.78. The molecule has 0 N–H and O–H groups in total. The molecule has 0 aliphatic carbocycles. The third-order valence-corrected chi connectivity index (χ3v) is 5.06. The molecular formula is C20H18ClN3O3S. The number of carbonyl (C=O) groups excluding carboxylic acids is 2. The van der Waals surface area contributed by atoms with Gasteiger partial charge >= 0.3 is 5.97 Å². The molecule has 0 saturated carbocycles. The van der Waals surface area contributed by atoms with Crippen LogP contribution in [0.25, 0.3) is 0 Å². The van der Waals surface area contributed by atoms with Gasteiger partial charge in [0.15, 0.2) is 5.13 Å². The number of aromatic nitrogens is 2. The van der Waals surface area contributed by atoms with Crippen molar-refractivity contribution < 1.29 is 14.3 Å². The third-order valence-electron chi connectivity index (χ3n) is 3.89. The van der Waals surface area contributed by atoms with Gasteiger partial charge < -0.3 is 4.74 Å². The van der Waals surface area contributed by atoms with Crippen molar-refractivity contribution in [2.24, 2.45) is 0 Å². The molecule has 0 aliphatic heterocycles. The summed E-state index contributed by atoms with van der Waals surface area (Å²) in [6.07, 6.45) is 1.52. The van der Waals surface area contributed by atoms with Crippen molar-refractivity contribution in [3.8, 4) is 0 Å². The lowest BCUT2D eigenvalue weighted by Crippen LogP contribution is -2.24. The highest BCUT2D eigenvalue weighted by Gasteiger charge is 2.23. The Kier molecular flexibility index (Phi) is 6.06. The summed E-state index contributed by atoms with van der Waals surface area (Å²) < 4.78 is 5.25. The third kappa shape index (κ3) is 4.37.